The van der Waals surface area contributed by atoms with E-state index in [4.69, 9.17) is 0 Å². The Kier molecular flexibility index (Phi) is 3.26. The van der Waals surface area contributed by atoms with Gasteiger partial charge in [0.1, 0.15) is 0 Å². The van der Waals surface area contributed by atoms with E-state index >= 15 is 0 Å². The van der Waals surface area contributed by atoms with Crippen molar-refractivity contribution in [3.63, 3.8) is 0 Å². The third kappa shape index (κ3) is 2.61. The number of nitro benzene ring substituents is 1. The quantitative estimate of drug-likeness (QED) is 0.644. The van der Waals surface area contributed by atoms with Gasteiger partial charge in [-0.25, -0.2) is 0 Å². The molecule has 1 saturated heterocycles. The Labute approximate surface area is 107 Å². The molecule has 0 saturated carbocycles. The van der Waals surface area contributed by atoms with Crippen LogP contribution in [-0.2, 0) is 0 Å². The predicted octanol–water partition coefficient (Wildman–Crippen LogP) is 2.09. The van der Waals surface area contributed by atoms with Gasteiger partial charge in [-0.2, -0.15) is 0 Å². The minimum atomic E-state index is -0.349. The molecule has 1 N–H and O–H groups in total. The molecule has 0 aromatic heterocycles. The lowest BCUT2D eigenvalue weighted by Crippen LogP contribution is -2.57. The van der Waals surface area contributed by atoms with Crippen LogP contribution in [0.4, 0.5) is 11.4 Å². The Morgan fingerprint density at radius 1 is 1.44 bits per heavy atom. The number of benzene rings is 1. The van der Waals surface area contributed by atoms with Gasteiger partial charge in [0.15, 0.2) is 0 Å². The highest BCUT2D eigenvalue weighted by atomic mass is 16.6. The van der Waals surface area contributed by atoms with Crippen molar-refractivity contribution in [2.45, 2.75) is 26.3 Å². The highest BCUT2D eigenvalue weighted by Crippen LogP contribution is 2.27. The fourth-order valence-corrected chi connectivity index (χ4v) is 2.45. The average molecular weight is 249 g/mol. The van der Waals surface area contributed by atoms with Crippen LogP contribution in [-0.4, -0.2) is 30.1 Å². The second-order valence-corrected chi connectivity index (χ2v) is 5.46. The summed E-state index contributed by atoms with van der Waals surface area (Å²) in [5, 5.41) is 14.2. The first kappa shape index (κ1) is 12.8. The number of hydrogen-bond acceptors (Lipinski definition) is 4. The van der Waals surface area contributed by atoms with Crippen LogP contribution in [0.15, 0.2) is 18.2 Å². The van der Waals surface area contributed by atoms with Gasteiger partial charge >= 0.3 is 0 Å². The van der Waals surface area contributed by atoms with Crippen molar-refractivity contribution < 1.29 is 4.92 Å². The van der Waals surface area contributed by atoms with Gasteiger partial charge in [-0.15, -0.1) is 0 Å². The molecule has 0 spiro atoms. The lowest BCUT2D eigenvalue weighted by atomic mass is 10.0. The summed E-state index contributed by atoms with van der Waals surface area (Å²) in [5.74, 6) is 0. The van der Waals surface area contributed by atoms with Gasteiger partial charge in [0.05, 0.1) is 4.92 Å². The van der Waals surface area contributed by atoms with Gasteiger partial charge in [-0.3, -0.25) is 10.1 Å². The number of nitrogens with zero attached hydrogens (tertiary/aromatic N) is 2. The molecule has 1 aromatic rings. The van der Waals surface area contributed by atoms with Gasteiger partial charge in [-0.1, -0.05) is 0 Å². The van der Waals surface area contributed by atoms with Gasteiger partial charge in [-0.05, 0) is 32.4 Å². The van der Waals surface area contributed by atoms with E-state index in [2.05, 4.69) is 24.1 Å². The maximum atomic E-state index is 10.7. The molecule has 0 unspecified atom stereocenters. The van der Waals surface area contributed by atoms with Crippen LogP contribution in [0, 0.1) is 17.0 Å². The first-order valence-electron chi connectivity index (χ1n) is 6.14. The highest BCUT2D eigenvalue weighted by molar-refractivity contribution is 5.58. The Balaban J connectivity index is 2.26. The smallest absolute Gasteiger partial charge is 0.269 e. The number of non-ortho nitro benzene ring substituents is 1. The Morgan fingerprint density at radius 3 is 2.72 bits per heavy atom. The minimum absolute atomic E-state index is 0.0759. The normalized spacial score (nSPS) is 18.7. The van der Waals surface area contributed by atoms with Gasteiger partial charge < -0.3 is 10.2 Å². The van der Waals surface area contributed by atoms with E-state index < -0.39 is 0 Å². The summed E-state index contributed by atoms with van der Waals surface area (Å²) in [6, 6.07) is 5.08. The molecule has 1 aliphatic rings. The molecule has 5 nitrogen and oxygen atoms in total. The van der Waals surface area contributed by atoms with E-state index in [1.165, 1.54) is 0 Å². The number of nitrogens with one attached hydrogen (secondary N) is 1. The highest BCUT2D eigenvalue weighted by Gasteiger charge is 2.26. The van der Waals surface area contributed by atoms with Crippen molar-refractivity contribution in [1.82, 2.24) is 5.32 Å². The summed E-state index contributed by atoms with van der Waals surface area (Å²) in [6.07, 6.45) is 0. The van der Waals surface area contributed by atoms with E-state index in [1.807, 2.05) is 13.0 Å². The fraction of sp³-hybridized carbons (Fsp3) is 0.538. The average Bonchev–Trinajstić information content (AvgIpc) is 2.27. The fourth-order valence-electron chi connectivity index (χ4n) is 2.45. The standard InChI is InChI=1S/C13H19N3O2/c1-10-8-11(16(17)18)4-5-12(10)15-7-6-14-13(2,3)9-15/h4-5,8,14H,6-7,9H2,1-3H3. The summed E-state index contributed by atoms with van der Waals surface area (Å²) in [7, 11) is 0. The number of nitro groups is 1. The van der Waals surface area contributed by atoms with E-state index in [1.54, 1.807) is 12.1 Å². The van der Waals surface area contributed by atoms with Crippen LogP contribution < -0.4 is 10.2 Å². The largest absolute Gasteiger partial charge is 0.368 e. The van der Waals surface area contributed by atoms with Crippen LogP contribution >= 0.6 is 0 Å². The molecule has 1 heterocycles. The number of hydrogen-bond donors (Lipinski definition) is 1. The molecule has 0 atom stereocenters. The predicted molar refractivity (Wildman–Crippen MR) is 72.1 cm³/mol. The molecule has 98 valence electrons. The molecule has 0 bridgehead atoms. The van der Waals surface area contributed by atoms with E-state index in [9.17, 15) is 10.1 Å². The number of piperazine rings is 1. The summed E-state index contributed by atoms with van der Waals surface area (Å²) < 4.78 is 0. The molecule has 18 heavy (non-hydrogen) atoms. The van der Waals surface area contributed by atoms with Crippen molar-refractivity contribution in [1.29, 1.82) is 0 Å². The first-order chi connectivity index (χ1) is 8.39. The molecule has 2 rings (SSSR count). The van der Waals surface area contributed by atoms with Crippen LogP contribution in [0.1, 0.15) is 19.4 Å². The third-order valence-corrected chi connectivity index (χ3v) is 3.30. The van der Waals surface area contributed by atoms with Crippen LogP contribution in [0.25, 0.3) is 0 Å². The summed E-state index contributed by atoms with van der Waals surface area (Å²) in [5.41, 5.74) is 2.29. The maximum absolute atomic E-state index is 10.7. The Bertz CT molecular complexity index is 471. The Morgan fingerprint density at radius 2 is 2.17 bits per heavy atom. The number of rotatable bonds is 2. The van der Waals surface area contributed by atoms with Crippen molar-refractivity contribution >= 4 is 11.4 Å². The van der Waals surface area contributed by atoms with Gasteiger partial charge in [0.2, 0.25) is 0 Å². The van der Waals surface area contributed by atoms with Crippen LogP contribution in [0.5, 0.6) is 0 Å². The summed E-state index contributed by atoms with van der Waals surface area (Å²) in [4.78, 5) is 12.7. The van der Waals surface area contributed by atoms with Gasteiger partial charge in [0, 0.05) is 43.0 Å². The second kappa shape index (κ2) is 4.57. The molecule has 1 fully saturated rings. The summed E-state index contributed by atoms with van der Waals surface area (Å²) >= 11 is 0. The Hall–Kier alpha value is -1.62. The number of aryl methyl sites for hydroxylation is 1. The van der Waals surface area contributed by atoms with E-state index in [-0.39, 0.29) is 16.1 Å². The zero-order chi connectivity index (χ0) is 13.3. The molecular weight excluding hydrogens is 230 g/mol. The van der Waals surface area contributed by atoms with Crippen molar-refractivity contribution in [3.05, 3.63) is 33.9 Å². The van der Waals surface area contributed by atoms with Crippen molar-refractivity contribution in [3.8, 4) is 0 Å². The summed E-state index contributed by atoms with van der Waals surface area (Å²) in [6.45, 7) is 9.04. The minimum Gasteiger partial charge on any atom is -0.368 e. The van der Waals surface area contributed by atoms with Crippen molar-refractivity contribution in [2.24, 2.45) is 0 Å². The molecule has 0 aliphatic carbocycles. The van der Waals surface area contributed by atoms with Crippen molar-refractivity contribution in [2.75, 3.05) is 24.5 Å². The van der Waals surface area contributed by atoms with E-state index in [0.29, 0.717) is 0 Å². The maximum Gasteiger partial charge on any atom is 0.269 e. The SMILES string of the molecule is Cc1cc([N+](=O)[O-])ccc1N1CCNC(C)(C)C1. The second-order valence-electron chi connectivity index (χ2n) is 5.46. The number of anilines is 1. The van der Waals surface area contributed by atoms with Gasteiger partial charge in [0.25, 0.3) is 5.69 Å². The lowest BCUT2D eigenvalue weighted by molar-refractivity contribution is -0.384. The molecule has 5 heteroatoms. The lowest BCUT2D eigenvalue weighted by Gasteiger charge is -2.41. The zero-order valence-corrected chi connectivity index (χ0v) is 11.1. The molecule has 0 amide bonds. The molecule has 0 radical (unpaired) electrons. The van der Waals surface area contributed by atoms with Crippen LogP contribution in [0.3, 0.4) is 0 Å². The molecule has 1 aliphatic heterocycles. The zero-order valence-electron chi connectivity index (χ0n) is 11.1. The van der Waals surface area contributed by atoms with E-state index in [0.717, 1.165) is 30.9 Å². The molecule has 1 aromatic carbocycles. The molecular formula is C13H19N3O2. The first-order valence-corrected chi connectivity index (χ1v) is 6.14. The third-order valence-electron chi connectivity index (χ3n) is 3.30. The monoisotopic (exact) mass is 249 g/mol. The topological polar surface area (TPSA) is 58.4 Å². The van der Waals surface area contributed by atoms with Crippen LogP contribution in [0.2, 0.25) is 0 Å².